The molecule has 0 fully saturated rings. The van der Waals surface area contributed by atoms with Gasteiger partial charge in [0.15, 0.2) is 0 Å². The summed E-state index contributed by atoms with van der Waals surface area (Å²) in [5, 5.41) is 0. The van der Waals surface area contributed by atoms with Crippen LogP contribution in [0.15, 0.2) is 12.1 Å². The first-order valence-corrected chi connectivity index (χ1v) is 5.73. The molecule has 0 bridgehead atoms. The van der Waals surface area contributed by atoms with E-state index in [1.807, 2.05) is 6.92 Å². The third-order valence-corrected chi connectivity index (χ3v) is 2.78. The highest BCUT2D eigenvalue weighted by molar-refractivity contribution is 5.37. The van der Waals surface area contributed by atoms with E-state index in [4.69, 9.17) is 4.74 Å². The van der Waals surface area contributed by atoms with E-state index in [2.05, 4.69) is 39.8 Å². The SMILES string of the molecule is CCOC(C)Cc1c(C)cc(C)cc1C. The molecule has 0 amide bonds. The summed E-state index contributed by atoms with van der Waals surface area (Å²) in [6.45, 7) is 11.5. The molecule has 1 aromatic rings. The van der Waals surface area contributed by atoms with Crippen LogP contribution < -0.4 is 0 Å². The predicted octanol–water partition coefficient (Wildman–Crippen LogP) is 3.58. The molecule has 0 radical (unpaired) electrons. The maximum atomic E-state index is 5.59. The maximum absolute atomic E-state index is 5.59. The summed E-state index contributed by atoms with van der Waals surface area (Å²) in [5.41, 5.74) is 5.57. The molecule has 1 nitrogen and oxygen atoms in total. The molecule has 1 unspecified atom stereocenters. The molecular formula is C14H22O. The Morgan fingerprint density at radius 3 is 2.13 bits per heavy atom. The number of aryl methyl sites for hydroxylation is 3. The highest BCUT2D eigenvalue weighted by Crippen LogP contribution is 2.18. The normalized spacial score (nSPS) is 12.9. The summed E-state index contributed by atoms with van der Waals surface area (Å²) in [4.78, 5) is 0. The number of benzene rings is 1. The van der Waals surface area contributed by atoms with Crippen LogP contribution in [0.25, 0.3) is 0 Å². The number of ether oxygens (including phenoxy) is 1. The van der Waals surface area contributed by atoms with Crippen LogP contribution in [0.1, 0.15) is 36.1 Å². The first-order valence-electron chi connectivity index (χ1n) is 5.73. The van der Waals surface area contributed by atoms with Gasteiger partial charge in [0, 0.05) is 6.61 Å². The van der Waals surface area contributed by atoms with Gasteiger partial charge < -0.3 is 4.74 Å². The quantitative estimate of drug-likeness (QED) is 0.731. The van der Waals surface area contributed by atoms with Crippen LogP contribution in [-0.4, -0.2) is 12.7 Å². The molecule has 1 aromatic carbocycles. The van der Waals surface area contributed by atoms with Gasteiger partial charge in [-0.25, -0.2) is 0 Å². The summed E-state index contributed by atoms with van der Waals surface area (Å²) < 4.78 is 5.59. The Balaban J connectivity index is 2.85. The van der Waals surface area contributed by atoms with Gasteiger partial charge in [0.2, 0.25) is 0 Å². The molecular weight excluding hydrogens is 184 g/mol. The van der Waals surface area contributed by atoms with Crippen molar-refractivity contribution in [3.8, 4) is 0 Å². The molecule has 0 aliphatic rings. The molecule has 84 valence electrons. The van der Waals surface area contributed by atoms with Crippen LogP contribution in [0.5, 0.6) is 0 Å². The molecule has 0 saturated heterocycles. The van der Waals surface area contributed by atoms with E-state index in [1.165, 1.54) is 22.3 Å². The molecule has 1 heteroatoms. The van der Waals surface area contributed by atoms with Crippen LogP contribution in [0, 0.1) is 20.8 Å². The fourth-order valence-electron chi connectivity index (χ4n) is 2.16. The summed E-state index contributed by atoms with van der Waals surface area (Å²) in [5.74, 6) is 0. The average molecular weight is 206 g/mol. The fraction of sp³-hybridized carbons (Fsp3) is 0.571. The molecule has 15 heavy (non-hydrogen) atoms. The van der Waals surface area contributed by atoms with Gasteiger partial charge in [-0.15, -0.1) is 0 Å². The smallest absolute Gasteiger partial charge is 0.0587 e. The molecule has 0 aliphatic heterocycles. The van der Waals surface area contributed by atoms with Crippen molar-refractivity contribution in [2.45, 2.75) is 47.1 Å². The van der Waals surface area contributed by atoms with Gasteiger partial charge in [-0.3, -0.25) is 0 Å². The van der Waals surface area contributed by atoms with Crippen molar-refractivity contribution in [1.29, 1.82) is 0 Å². The lowest BCUT2D eigenvalue weighted by Gasteiger charge is -2.16. The minimum absolute atomic E-state index is 0.315. The van der Waals surface area contributed by atoms with Crippen LogP contribution in [0.2, 0.25) is 0 Å². The molecule has 0 N–H and O–H groups in total. The highest BCUT2D eigenvalue weighted by Gasteiger charge is 2.08. The Morgan fingerprint density at radius 2 is 1.67 bits per heavy atom. The van der Waals surface area contributed by atoms with Crippen molar-refractivity contribution in [2.24, 2.45) is 0 Å². The Hall–Kier alpha value is -0.820. The lowest BCUT2D eigenvalue weighted by atomic mass is 9.96. The molecule has 0 heterocycles. The molecule has 0 aromatic heterocycles. The zero-order valence-corrected chi connectivity index (χ0v) is 10.6. The number of hydrogen-bond acceptors (Lipinski definition) is 1. The van der Waals surface area contributed by atoms with Gasteiger partial charge in [0.05, 0.1) is 6.10 Å². The standard InChI is InChI=1S/C14H22O/c1-6-15-13(5)9-14-11(3)7-10(2)8-12(14)4/h7-8,13H,6,9H2,1-5H3. The van der Waals surface area contributed by atoms with Crippen LogP contribution in [0.3, 0.4) is 0 Å². The number of rotatable bonds is 4. The Morgan fingerprint density at radius 1 is 1.13 bits per heavy atom. The predicted molar refractivity (Wildman–Crippen MR) is 65.4 cm³/mol. The van der Waals surface area contributed by atoms with Gasteiger partial charge in [0.25, 0.3) is 0 Å². The van der Waals surface area contributed by atoms with Gasteiger partial charge in [-0.2, -0.15) is 0 Å². The highest BCUT2D eigenvalue weighted by atomic mass is 16.5. The van der Waals surface area contributed by atoms with Crippen molar-refractivity contribution in [3.05, 3.63) is 34.4 Å². The zero-order valence-electron chi connectivity index (χ0n) is 10.6. The second-order valence-corrected chi connectivity index (χ2v) is 4.35. The summed E-state index contributed by atoms with van der Waals surface area (Å²) in [6.07, 6.45) is 1.33. The second kappa shape index (κ2) is 5.32. The largest absolute Gasteiger partial charge is 0.378 e. The summed E-state index contributed by atoms with van der Waals surface area (Å²) in [7, 11) is 0. The van der Waals surface area contributed by atoms with Crippen molar-refractivity contribution in [3.63, 3.8) is 0 Å². The van der Waals surface area contributed by atoms with E-state index in [-0.39, 0.29) is 0 Å². The van der Waals surface area contributed by atoms with E-state index >= 15 is 0 Å². The molecule has 0 spiro atoms. The topological polar surface area (TPSA) is 9.23 Å². The number of hydrogen-bond donors (Lipinski definition) is 0. The lowest BCUT2D eigenvalue weighted by Crippen LogP contribution is -2.13. The van der Waals surface area contributed by atoms with Gasteiger partial charge in [-0.1, -0.05) is 17.7 Å². The van der Waals surface area contributed by atoms with Crippen molar-refractivity contribution in [2.75, 3.05) is 6.61 Å². The monoisotopic (exact) mass is 206 g/mol. The van der Waals surface area contributed by atoms with Gasteiger partial charge >= 0.3 is 0 Å². The van der Waals surface area contributed by atoms with Gasteiger partial charge in [-0.05, 0) is 57.7 Å². The first kappa shape index (κ1) is 12.3. The van der Waals surface area contributed by atoms with Crippen molar-refractivity contribution in [1.82, 2.24) is 0 Å². The molecule has 1 atom stereocenters. The lowest BCUT2D eigenvalue weighted by molar-refractivity contribution is 0.0766. The third kappa shape index (κ3) is 3.35. The van der Waals surface area contributed by atoms with Crippen LogP contribution in [-0.2, 0) is 11.2 Å². The first-order chi connectivity index (χ1) is 7.04. The summed E-state index contributed by atoms with van der Waals surface area (Å²) in [6, 6.07) is 4.50. The maximum Gasteiger partial charge on any atom is 0.0587 e. The third-order valence-electron chi connectivity index (χ3n) is 2.78. The Labute approximate surface area is 93.5 Å². The molecule has 0 aliphatic carbocycles. The van der Waals surface area contributed by atoms with Crippen molar-refractivity contribution >= 4 is 0 Å². The van der Waals surface area contributed by atoms with E-state index in [1.54, 1.807) is 0 Å². The van der Waals surface area contributed by atoms with E-state index in [0.717, 1.165) is 13.0 Å². The van der Waals surface area contributed by atoms with Crippen LogP contribution >= 0.6 is 0 Å². The minimum atomic E-state index is 0.315. The fourth-order valence-corrected chi connectivity index (χ4v) is 2.16. The average Bonchev–Trinajstić information content (AvgIpc) is 2.11. The Bertz CT molecular complexity index is 305. The van der Waals surface area contributed by atoms with E-state index < -0.39 is 0 Å². The van der Waals surface area contributed by atoms with Gasteiger partial charge in [0.1, 0.15) is 0 Å². The second-order valence-electron chi connectivity index (χ2n) is 4.35. The van der Waals surface area contributed by atoms with E-state index in [9.17, 15) is 0 Å². The van der Waals surface area contributed by atoms with Crippen molar-refractivity contribution < 1.29 is 4.74 Å². The molecule has 0 saturated carbocycles. The minimum Gasteiger partial charge on any atom is -0.378 e. The molecule has 1 rings (SSSR count). The summed E-state index contributed by atoms with van der Waals surface area (Å²) >= 11 is 0. The van der Waals surface area contributed by atoms with E-state index in [0.29, 0.717) is 6.10 Å². The van der Waals surface area contributed by atoms with Crippen LogP contribution in [0.4, 0.5) is 0 Å². The zero-order chi connectivity index (χ0) is 11.4. The Kier molecular flexibility index (Phi) is 4.34.